The number of phenolic OH excluding ortho intramolecular Hbond substituents is 1. The molecule has 1 aromatic carbocycles. The predicted octanol–water partition coefficient (Wildman–Crippen LogP) is 1.11. The lowest BCUT2D eigenvalue weighted by Crippen LogP contribution is -2.34. The molecule has 0 spiro atoms. The molecule has 68 valence electrons. The van der Waals surface area contributed by atoms with Crippen LogP contribution in [0.5, 0.6) is 11.5 Å². The van der Waals surface area contributed by atoms with Gasteiger partial charge in [-0.2, -0.15) is 0 Å². The van der Waals surface area contributed by atoms with E-state index in [0.717, 1.165) is 0 Å². The highest BCUT2D eigenvalue weighted by Gasteiger charge is 2.25. The molecular formula is C9H9NO3. The summed E-state index contributed by atoms with van der Waals surface area (Å²) in [5, 5.41) is 12.3. The summed E-state index contributed by atoms with van der Waals surface area (Å²) in [6.07, 6.45) is 0. The van der Waals surface area contributed by atoms with Crippen molar-refractivity contribution in [2.75, 3.05) is 5.32 Å². The molecule has 0 amide bonds. The standard InChI is InChI=1S/C9H9NO3/c1-5-9(12)13-8-6(10-5)3-2-4-7(8)11/h2-5,10-11H,1H3. The Bertz CT molecular complexity index is 362. The number of benzene rings is 1. The lowest BCUT2D eigenvalue weighted by Gasteiger charge is -2.22. The van der Waals surface area contributed by atoms with Crippen LogP contribution in [0.1, 0.15) is 6.92 Å². The molecule has 1 heterocycles. The van der Waals surface area contributed by atoms with Crippen LogP contribution in [-0.2, 0) is 4.79 Å². The third-order valence-electron chi connectivity index (χ3n) is 1.92. The normalized spacial score (nSPS) is 20.1. The maximum Gasteiger partial charge on any atom is 0.333 e. The number of ether oxygens (including phenoxy) is 1. The van der Waals surface area contributed by atoms with Crippen molar-refractivity contribution in [3.05, 3.63) is 18.2 Å². The SMILES string of the molecule is CC1Nc2cccc(O)c2OC1=O. The Morgan fingerprint density at radius 1 is 1.54 bits per heavy atom. The van der Waals surface area contributed by atoms with E-state index in [2.05, 4.69) is 5.32 Å². The predicted molar refractivity (Wildman–Crippen MR) is 46.8 cm³/mol. The van der Waals surface area contributed by atoms with E-state index in [1.54, 1.807) is 19.1 Å². The lowest BCUT2D eigenvalue weighted by atomic mass is 10.2. The number of esters is 1. The van der Waals surface area contributed by atoms with Crippen molar-refractivity contribution in [3.8, 4) is 11.5 Å². The summed E-state index contributed by atoms with van der Waals surface area (Å²) in [5.41, 5.74) is 0.645. The van der Waals surface area contributed by atoms with E-state index in [0.29, 0.717) is 5.69 Å². The Morgan fingerprint density at radius 3 is 3.08 bits per heavy atom. The van der Waals surface area contributed by atoms with Crippen molar-refractivity contribution < 1.29 is 14.6 Å². The van der Waals surface area contributed by atoms with Crippen LogP contribution in [-0.4, -0.2) is 17.1 Å². The van der Waals surface area contributed by atoms with Gasteiger partial charge in [-0.05, 0) is 19.1 Å². The highest BCUT2D eigenvalue weighted by molar-refractivity contribution is 5.87. The van der Waals surface area contributed by atoms with E-state index in [1.165, 1.54) is 6.07 Å². The first-order valence-electron chi connectivity index (χ1n) is 3.98. The fourth-order valence-electron chi connectivity index (χ4n) is 1.23. The number of phenols is 1. The molecule has 0 aromatic heterocycles. The molecule has 0 saturated heterocycles. The van der Waals surface area contributed by atoms with Crippen molar-refractivity contribution in [1.82, 2.24) is 0 Å². The number of carbonyl (C=O) groups is 1. The summed E-state index contributed by atoms with van der Waals surface area (Å²) in [6.45, 7) is 1.70. The number of hydrogen-bond acceptors (Lipinski definition) is 4. The lowest BCUT2D eigenvalue weighted by molar-refractivity contribution is -0.135. The minimum absolute atomic E-state index is 0.0229. The summed E-state index contributed by atoms with van der Waals surface area (Å²) in [5.74, 6) is -0.190. The third-order valence-corrected chi connectivity index (χ3v) is 1.92. The van der Waals surface area contributed by atoms with Crippen LogP contribution in [0.25, 0.3) is 0 Å². The molecule has 0 fully saturated rings. The minimum Gasteiger partial charge on any atom is -0.504 e. The number of para-hydroxylation sites is 1. The van der Waals surface area contributed by atoms with Gasteiger partial charge in [-0.3, -0.25) is 0 Å². The zero-order valence-corrected chi connectivity index (χ0v) is 7.07. The Kier molecular flexibility index (Phi) is 1.62. The average Bonchev–Trinajstić information content (AvgIpc) is 2.09. The molecule has 0 saturated carbocycles. The van der Waals surface area contributed by atoms with Gasteiger partial charge in [-0.25, -0.2) is 4.79 Å². The Balaban J connectivity index is 2.48. The molecular weight excluding hydrogens is 170 g/mol. The molecule has 1 unspecified atom stereocenters. The van der Waals surface area contributed by atoms with Gasteiger partial charge in [-0.1, -0.05) is 6.07 Å². The molecule has 0 aliphatic carbocycles. The highest BCUT2D eigenvalue weighted by atomic mass is 16.5. The second-order valence-corrected chi connectivity index (χ2v) is 2.94. The van der Waals surface area contributed by atoms with Crippen molar-refractivity contribution >= 4 is 11.7 Å². The average molecular weight is 179 g/mol. The Labute approximate surface area is 75.1 Å². The molecule has 0 bridgehead atoms. The molecule has 4 heteroatoms. The summed E-state index contributed by atoms with van der Waals surface area (Å²) < 4.78 is 4.92. The zero-order chi connectivity index (χ0) is 9.42. The number of carbonyl (C=O) groups excluding carboxylic acids is 1. The number of nitrogens with one attached hydrogen (secondary N) is 1. The van der Waals surface area contributed by atoms with Crippen molar-refractivity contribution in [2.24, 2.45) is 0 Å². The summed E-state index contributed by atoms with van der Waals surface area (Å²) in [6, 6.07) is 4.55. The molecule has 2 rings (SSSR count). The first kappa shape index (κ1) is 7.91. The molecule has 1 aromatic rings. The van der Waals surface area contributed by atoms with E-state index in [4.69, 9.17) is 4.74 Å². The van der Waals surface area contributed by atoms with E-state index in [1.807, 2.05) is 0 Å². The van der Waals surface area contributed by atoms with Gasteiger partial charge in [0.1, 0.15) is 6.04 Å². The molecule has 1 atom stereocenters. The summed E-state index contributed by atoms with van der Waals surface area (Å²) >= 11 is 0. The van der Waals surface area contributed by atoms with E-state index in [9.17, 15) is 9.90 Å². The quantitative estimate of drug-likeness (QED) is 0.462. The van der Waals surface area contributed by atoms with Gasteiger partial charge in [0.05, 0.1) is 5.69 Å². The summed E-state index contributed by atoms with van der Waals surface area (Å²) in [4.78, 5) is 11.1. The van der Waals surface area contributed by atoms with Gasteiger partial charge in [0, 0.05) is 0 Å². The third kappa shape index (κ3) is 1.20. The van der Waals surface area contributed by atoms with Crippen LogP contribution < -0.4 is 10.1 Å². The molecule has 0 radical (unpaired) electrons. The summed E-state index contributed by atoms with van der Waals surface area (Å²) in [7, 11) is 0. The highest BCUT2D eigenvalue weighted by Crippen LogP contribution is 2.37. The molecule has 13 heavy (non-hydrogen) atoms. The van der Waals surface area contributed by atoms with Gasteiger partial charge in [0.25, 0.3) is 0 Å². The number of aromatic hydroxyl groups is 1. The maximum absolute atomic E-state index is 11.1. The van der Waals surface area contributed by atoms with Gasteiger partial charge in [0.15, 0.2) is 11.5 Å². The van der Waals surface area contributed by atoms with Crippen LogP contribution in [0, 0.1) is 0 Å². The smallest absolute Gasteiger partial charge is 0.333 e. The van der Waals surface area contributed by atoms with Gasteiger partial charge >= 0.3 is 5.97 Å². The first-order chi connectivity index (χ1) is 6.18. The molecule has 4 nitrogen and oxygen atoms in total. The van der Waals surface area contributed by atoms with Crippen LogP contribution in [0.3, 0.4) is 0 Å². The van der Waals surface area contributed by atoms with Gasteiger partial charge in [-0.15, -0.1) is 0 Å². The molecule has 1 aliphatic heterocycles. The number of fused-ring (bicyclic) bond motifs is 1. The van der Waals surface area contributed by atoms with Crippen molar-refractivity contribution in [2.45, 2.75) is 13.0 Å². The topological polar surface area (TPSA) is 58.6 Å². The maximum atomic E-state index is 11.1. The van der Waals surface area contributed by atoms with Gasteiger partial charge < -0.3 is 15.2 Å². The van der Waals surface area contributed by atoms with Crippen LogP contribution in [0.2, 0.25) is 0 Å². The number of hydrogen-bond donors (Lipinski definition) is 2. The second-order valence-electron chi connectivity index (χ2n) is 2.94. The molecule has 2 N–H and O–H groups in total. The number of rotatable bonds is 0. The monoisotopic (exact) mass is 179 g/mol. The Morgan fingerprint density at radius 2 is 2.31 bits per heavy atom. The van der Waals surface area contributed by atoms with Crippen LogP contribution >= 0.6 is 0 Å². The fraction of sp³-hybridized carbons (Fsp3) is 0.222. The number of anilines is 1. The zero-order valence-electron chi connectivity index (χ0n) is 7.07. The fourth-order valence-corrected chi connectivity index (χ4v) is 1.23. The van der Waals surface area contributed by atoms with Crippen LogP contribution in [0.15, 0.2) is 18.2 Å². The minimum atomic E-state index is -0.381. The largest absolute Gasteiger partial charge is 0.504 e. The van der Waals surface area contributed by atoms with E-state index >= 15 is 0 Å². The Hall–Kier alpha value is -1.71. The first-order valence-corrected chi connectivity index (χ1v) is 3.98. The van der Waals surface area contributed by atoms with Gasteiger partial charge in [0.2, 0.25) is 0 Å². The van der Waals surface area contributed by atoms with Crippen molar-refractivity contribution in [1.29, 1.82) is 0 Å². The second kappa shape index (κ2) is 2.65. The van der Waals surface area contributed by atoms with Crippen molar-refractivity contribution in [3.63, 3.8) is 0 Å². The van der Waals surface area contributed by atoms with Crippen LogP contribution in [0.4, 0.5) is 5.69 Å². The van der Waals surface area contributed by atoms with E-state index in [-0.39, 0.29) is 23.5 Å². The molecule has 1 aliphatic rings. The van der Waals surface area contributed by atoms with E-state index < -0.39 is 0 Å².